The summed E-state index contributed by atoms with van der Waals surface area (Å²) < 4.78 is 10.7. The molecule has 0 bridgehead atoms. The van der Waals surface area contributed by atoms with Crippen LogP contribution in [-0.2, 0) is 9.53 Å². The van der Waals surface area contributed by atoms with Crippen molar-refractivity contribution in [1.29, 1.82) is 0 Å². The normalized spacial score (nSPS) is 14.9. The van der Waals surface area contributed by atoms with Crippen molar-refractivity contribution in [1.82, 2.24) is 0 Å². The molecule has 0 radical (unpaired) electrons. The van der Waals surface area contributed by atoms with E-state index in [0.717, 1.165) is 18.4 Å². The molecular weight excluding hydrogens is 358 g/mol. The Morgan fingerprint density at radius 1 is 1.07 bits per heavy atom. The maximum atomic E-state index is 12.4. The highest BCUT2D eigenvalue weighted by atomic mass is 16.5. The SMILES string of the molecule is CCCCOc1ccc(C(=O)OCC(=O)c2ccc3c(c2)[C@H](C)C(=O)N3)cc1. The first-order chi connectivity index (χ1) is 13.5. The molecule has 3 rings (SSSR count). The summed E-state index contributed by atoms with van der Waals surface area (Å²) in [6, 6.07) is 11.6. The number of nitrogens with one attached hydrogen (secondary N) is 1. The zero-order chi connectivity index (χ0) is 20.1. The van der Waals surface area contributed by atoms with Gasteiger partial charge in [0.1, 0.15) is 5.75 Å². The highest BCUT2D eigenvalue weighted by Gasteiger charge is 2.27. The van der Waals surface area contributed by atoms with Crippen LogP contribution in [0.1, 0.15) is 58.9 Å². The number of rotatable bonds is 8. The second kappa shape index (κ2) is 8.69. The predicted molar refractivity (Wildman–Crippen MR) is 105 cm³/mol. The van der Waals surface area contributed by atoms with Crippen molar-refractivity contribution in [2.75, 3.05) is 18.5 Å². The number of unbranched alkanes of at least 4 members (excludes halogenated alkanes) is 1. The van der Waals surface area contributed by atoms with Crippen LogP contribution in [0.25, 0.3) is 0 Å². The van der Waals surface area contributed by atoms with Gasteiger partial charge in [0.15, 0.2) is 12.4 Å². The molecule has 28 heavy (non-hydrogen) atoms. The van der Waals surface area contributed by atoms with E-state index < -0.39 is 5.97 Å². The number of ketones is 1. The first kappa shape index (κ1) is 19.6. The van der Waals surface area contributed by atoms with Gasteiger partial charge in [-0.2, -0.15) is 0 Å². The maximum absolute atomic E-state index is 12.4. The number of carbonyl (C=O) groups excluding carboxylic acids is 3. The molecule has 146 valence electrons. The number of hydrogen-bond acceptors (Lipinski definition) is 5. The zero-order valence-electron chi connectivity index (χ0n) is 16.0. The summed E-state index contributed by atoms with van der Waals surface area (Å²) in [5, 5.41) is 2.76. The Morgan fingerprint density at radius 3 is 2.50 bits per heavy atom. The number of amides is 1. The number of esters is 1. The second-order valence-electron chi connectivity index (χ2n) is 6.74. The molecular formula is C22H23NO5. The van der Waals surface area contributed by atoms with Crippen molar-refractivity contribution >= 4 is 23.3 Å². The van der Waals surface area contributed by atoms with Crippen LogP contribution in [-0.4, -0.2) is 30.9 Å². The number of benzene rings is 2. The Bertz CT molecular complexity index is 888. The molecule has 1 aliphatic rings. The van der Waals surface area contributed by atoms with E-state index in [2.05, 4.69) is 12.2 Å². The van der Waals surface area contributed by atoms with Crippen LogP contribution >= 0.6 is 0 Å². The van der Waals surface area contributed by atoms with Crippen LogP contribution < -0.4 is 10.1 Å². The standard InChI is InChI=1S/C22H23NO5/c1-3-4-11-27-17-8-5-15(6-9-17)22(26)28-13-20(24)16-7-10-19-18(12-16)14(2)21(25)23-19/h5-10,12,14H,3-4,11,13H2,1-2H3,(H,23,25)/t14-/m0/s1. The minimum Gasteiger partial charge on any atom is -0.494 e. The lowest BCUT2D eigenvalue weighted by molar-refractivity contribution is -0.116. The Balaban J connectivity index is 1.56. The van der Waals surface area contributed by atoms with E-state index in [1.54, 1.807) is 49.4 Å². The number of carbonyl (C=O) groups is 3. The molecule has 1 N–H and O–H groups in total. The van der Waals surface area contributed by atoms with Gasteiger partial charge in [0.25, 0.3) is 0 Å². The van der Waals surface area contributed by atoms with Crippen molar-refractivity contribution < 1.29 is 23.9 Å². The number of anilines is 1. The smallest absolute Gasteiger partial charge is 0.338 e. The summed E-state index contributed by atoms with van der Waals surface area (Å²) in [5.74, 6) is -0.588. The van der Waals surface area contributed by atoms with Crippen molar-refractivity contribution in [2.24, 2.45) is 0 Å². The van der Waals surface area contributed by atoms with Crippen LogP contribution in [0.5, 0.6) is 5.75 Å². The summed E-state index contributed by atoms with van der Waals surface area (Å²) in [4.78, 5) is 36.2. The summed E-state index contributed by atoms with van der Waals surface area (Å²) in [6.07, 6.45) is 2.02. The molecule has 0 fully saturated rings. The summed E-state index contributed by atoms with van der Waals surface area (Å²) in [5.41, 5.74) is 2.26. The fourth-order valence-electron chi connectivity index (χ4n) is 2.91. The monoisotopic (exact) mass is 381 g/mol. The van der Waals surface area contributed by atoms with E-state index in [1.165, 1.54) is 0 Å². The summed E-state index contributed by atoms with van der Waals surface area (Å²) in [6.45, 7) is 4.14. The molecule has 0 spiro atoms. The summed E-state index contributed by atoms with van der Waals surface area (Å²) >= 11 is 0. The lowest BCUT2D eigenvalue weighted by Crippen LogP contribution is -2.14. The third-order valence-corrected chi connectivity index (χ3v) is 4.68. The fraction of sp³-hybridized carbons (Fsp3) is 0.318. The van der Waals surface area contributed by atoms with Gasteiger partial charge in [-0.3, -0.25) is 9.59 Å². The molecule has 1 heterocycles. The highest BCUT2D eigenvalue weighted by molar-refractivity contribution is 6.05. The lowest BCUT2D eigenvalue weighted by Gasteiger charge is -2.08. The van der Waals surface area contributed by atoms with Gasteiger partial charge in [0.05, 0.1) is 18.1 Å². The molecule has 6 nitrogen and oxygen atoms in total. The number of fused-ring (bicyclic) bond motifs is 1. The third-order valence-electron chi connectivity index (χ3n) is 4.68. The molecule has 2 aromatic rings. The zero-order valence-corrected chi connectivity index (χ0v) is 16.0. The van der Waals surface area contributed by atoms with Crippen molar-refractivity contribution in [2.45, 2.75) is 32.6 Å². The average Bonchev–Trinajstić information content (AvgIpc) is 3.00. The van der Waals surface area contributed by atoms with Crippen LogP contribution in [0.4, 0.5) is 5.69 Å². The highest BCUT2D eigenvalue weighted by Crippen LogP contribution is 2.32. The molecule has 1 amide bonds. The van der Waals surface area contributed by atoms with Crippen molar-refractivity contribution in [3.05, 3.63) is 59.2 Å². The van der Waals surface area contributed by atoms with Crippen LogP contribution in [0, 0.1) is 0 Å². The molecule has 6 heteroatoms. The Kier molecular flexibility index (Phi) is 6.09. The van der Waals surface area contributed by atoms with Gasteiger partial charge in [-0.1, -0.05) is 13.3 Å². The van der Waals surface area contributed by atoms with E-state index in [0.29, 0.717) is 29.2 Å². The number of ether oxygens (including phenoxy) is 2. The van der Waals surface area contributed by atoms with Gasteiger partial charge < -0.3 is 14.8 Å². The predicted octanol–water partition coefficient (Wildman–Crippen LogP) is 3.96. The third kappa shape index (κ3) is 4.39. The Hall–Kier alpha value is -3.15. The fourth-order valence-corrected chi connectivity index (χ4v) is 2.91. The summed E-state index contributed by atoms with van der Waals surface area (Å²) in [7, 11) is 0. The lowest BCUT2D eigenvalue weighted by atomic mass is 9.99. The van der Waals surface area contributed by atoms with Gasteiger partial charge in [-0.05, 0) is 61.4 Å². The largest absolute Gasteiger partial charge is 0.494 e. The van der Waals surface area contributed by atoms with Gasteiger partial charge >= 0.3 is 5.97 Å². The molecule has 0 aromatic heterocycles. The molecule has 0 aliphatic carbocycles. The first-order valence-corrected chi connectivity index (χ1v) is 9.37. The number of hydrogen-bond donors (Lipinski definition) is 1. The van der Waals surface area contributed by atoms with Crippen LogP contribution in [0.3, 0.4) is 0 Å². The second-order valence-corrected chi connectivity index (χ2v) is 6.74. The molecule has 1 atom stereocenters. The minimum absolute atomic E-state index is 0.0897. The van der Waals surface area contributed by atoms with Gasteiger partial charge in [0, 0.05) is 11.3 Å². The van der Waals surface area contributed by atoms with Crippen molar-refractivity contribution in [3.8, 4) is 5.75 Å². The van der Waals surface area contributed by atoms with E-state index in [1.807, 2.05) is 0 Å². The quantitative estimate of drug-likeness (QED) is 0.425. The maximum Gasteiger partial charge on any atom is 0.338 e. The molecule has 0 saturated carbocycles. The van der Waals surface area contributed by atoms with E-state index >= 15 is 0 Å². The average molecular weight is 381 g/mol. The van der Waals surface area contributed by atoms with Crippen molar-refractivity contribution in [3.63, 3.8) is 0 Å². The first-order valence-electron chi connectivity index (χ1n) is 9.37. The molecule has 2 aromatic carbocycles. The van der Waals surface area contributed by atoms with Crippen LogP contribution in [0.15, 0.2) is 42.5 Å². The van der Waals surface area contributed by atoms with Gasteiger partial charge in [-0.25, -0.2) is 4.79 Å². The van der Waals surface area contributed by atoms with Gasteiger partial charge in [0.2, 0.25) is 5.91 Å². The van der Waals surface area contributed by atoms with E-state index in [-0.39, 0.29) is 24.2 Å². The van der Waals surface area contributed by atoms with Crippen LogP contribution in [0.2, 0.25) is 0 Å². The molecule has 0 saturated heterocycles. The van der Waals surface area contributed by atoms with E-state index in [9.17, 15) is 14.4 Å². The number of Topliss-reactive ketones (excluding diaryl/α,β-unsaturated/α-hetero) is 1. The Morgan fingerprint density at radius 2 is 1.79 bits per heavy atom. The Labute approximate surface area is 163 Å². The van der Waals surface area contributed by atoms with E-state index in [4.69, 9.17) is 9.47 Å². The molecule has 0 unspecified atom stereocenters. The topological polar surface area (TPSA) is 81.7 Å². The minimum atomic E-state index is -0.570. The molecule has 1 aliphatic heterocycles. The van der Waals surface area contributed by atoms with Gasteiger partial charge in [-0.15, -0.1) is 0 Å².